The third kappa shape index (κ3) is 7.12. The standard InChI is InChI=1S/C64H44N2/c1-3-16-45(17-4-1)52-22-15-23-56(43-52)65(55-39-36-48(37-40-55)47-30-32-49(33-31-47)53-35-34-46-18-7-8-21-51(46)42-53)64-41-38-54(44-60(64)50-19-5-2-6-20-50)57-24-9-12-27-61(57)66-62-28-13-10-25-58(62)59-26-11-14-29-63(59)66/h1-44H. The Morgan fingerprint density at radius 3 is 1.47 bits per heavy atom. The number of anilines is 3. The van der Waals surface area contributed by atoms with Crippen LogP contribution >= 0.6 is 0 Å². The van der Waals surface area contributed by atoms with E-state index in [1.807, 2.05) is 0 Å². The summed E-state index contributed by atoms with van der Waals surface area (Å²) in [6.45, 7) is 0. The molecule has 0 radical (unpaired) electrons. The van der Waals surface area contributed by atoms with Crippen molar-refractivity contribution in [3.8, 4) is 61.3 Å². The second-order valence-corrected chi connectivity index (χ2v) is 16.9. The molecule has 12 rings (SSSR count). The molecule has 0 saturated heterocycles. The zero-order chi connectivity index (χ0) is 43.8. The number of aromatic nitrogens is 1. The Morgan fingerprint density at radius 2 is 0.758 bits per heavy atom. The normalized spacial score (nSPS) is 11.3. The molecule has 1 heterocycles. The van der Waals surface area contributed by atoms with E-state index in [9.17, 15) is 0 Å². The smallest absolute Gasteiger partial charge is 0.0541 e. The first-order chi connectivity index (χ1) is 32.7. The zero-order valence-electron chi connectivity index (χ0n) is 36.3. The van der Waals surface area contributed by atoms with Crippen molar-refractivity contribution in [3.63, 3.8) is 0 Å². The van der Waals surface area contributed by atoms with Gasteiger partial charge in [0.1, 0.15) is 0 Å². The predicted octanol–water partition coefficient (Wildman–Crippen LogP) is 17.7. The summed E-state index contributed by atoms with van der Waals surface area (Å²) in [5.74, 6) is 0. The van der Waals surface area contributed by atoms with Gasteiger partial charge in [-0.3, -0.25) is 0 Å². The Morgan fingerprint density at radius 1 is 0.258 bits per heavy atom. The second kappa shape index (κ2) is 16.8. The fraction of sp³-hybridized carbons (Fsp3) is 0. The molecule has 11 aromatic carbocycles. The molecule has 0 saturated carbocycles. The topological polar surface area (TPSA) is 8.17 Å². The van der Waals surface area contributed by atoms with Gasteiger partial charge in [-0.05, 0) is 116 Å². The Hall–Kier alpha value is -8.72. The largest absolute Gasteiger partial charge is 0.310 e. The molecule has 0 fully saturated rings. The number of nitrogens with zero attached hydrogens (tertiary/aromatic N) is 2. The molecule has 0 spiro atoms. The monoisotopic (exact) mass is 840 g/mol. The van der Waals surface area contributed by atoms with E-state index in [-0.39, 0.29) is 0 Å². The van der Waals surface area contributed by atoms with E-state index in [4.69, 9.17) is 0 Å². The molecule has 310 valence electrons. The Balaban J connectivity index is 0.988. The molecule has 0 aliphatic rings. The first kappa shape index (κ1) is 38.9. The van der Waals surface area contributed by atoms with Gasteiger partial charge >= 0.3 is 0 Å². The van der Waals surface area contributed by atoms with Gasteiger partial charge in [0.2, 0.25) is 0 Å². The van der Waals surface area contributed by atoms with Crippen molar-refractivity contribution >= 4 is 49.6 Å². The van der Waals surface area contributed by atoms with E-state index < -0.39 is 0 Å². The number of hydrogen-bond donors (Lipinski definition) is 0. The molecule has 2 nitrogen and oxygen atoms in total. The maximum absolute atomic E-state index is 2.43. The summed E-state index contributed by atoms with van der Waals surface area (Å²) >= 11 is 0. The molecule has 0 amide bonds. The minimum atomic E-state index is 1.08. The van der Waals surface area contributed by atoms with Crippen LogP contribution in [-0.2, 0) is 0 Å². The first-order valence-electron chi connectivity index (χ1n) is 22.7. The first-order valence-corrected chi connectivity index (χ1v) is 22.7. The molecular weight excluding hydrogens is 797 g/mol. The average molecular weight is 841 g/mol. The van der Waals surface area contributed by atoms with Gasteiger partial charge in [-0.15, -0.1) is 0 Å². The van der Waals surface area contributed by atoms with Crippen molar-refractivity contribution in [2.75, 3.05) is 4.90 Å². The summed E-state index contributed by atoms with van der Waals surface area (Å²) in [6.07, 6.45) is 0. The van der Waals surface area contributed by atoms with Crippen LogP contribution in [0.25, 0.3) is 93.9 Å². The van der Waals surface area contributed by atoms with Gasteiger partial charge in [-0.25, -0.2) is 0 Å². The average Bonchev–Trinajstić information content (AvgIpc) is 3.74. The van der Waals surface area contributed by atoms with Crippen molar-refractivity contribution in [2.24, 2.45) is 0 Å². The third-order valence-electron chi connectivity index (χ3n) is 13.0. The quantitative estimate of drug-likeness (QED) is 0.141. The van der Waals surface area contributed by atoms with Gasteiger partial charge in [0.15, 0.2) is 0 Å². The van der Waals surface area contributed by atoms with Crippen molar-refractivity contribution < 1.29 is 0 Å². The lowest BCUT2D eigenvalue weighted by Gasteiger charge is -2.29. The zero-order valence-corrected chi connectivity index (χ0v) is 36.3. The van der Waals surface area contributed by atoms with Crippen LogP contribution in [0.1, 0.15) is 0 Å². The lowest BCUT2D eigenvalue weighted by Crippen LogP contribution is -2.11. The Labute approximate surface area is 385 Å². The third-order valence-corrected chi connectivity index (χ3v) is 13.0. The number of rotatable bonds is 9. The highest BCUT2D eigenvalue weighted by molar-refractivity contribution is 6.10. The molecule has 0 N–H and O–H groups in total. The van der Waals surface area contributed by atoms with Crippen LogP contribution in [0, 0.1) is 0 Å². The van der Waals surface area contributed by atoms with Gasteiger partial charge in [0, 0.05) is 33.3 Å². The number of benzene rings is 11. The van der Waals surface area contributed by atoms with Crippen molar-refractivity contribution in [2.45, 2.75) is 0 Å². The van der Waals surface area contributed by atoms with Crippen molar-refractivity contribution in [3.05, 3.63) is 267 Å². The van der Waals surface area contributed by atoms with Crippen LogP contribution < -0.4 is 4.90 Å². The molecule has 0 aliphatic carbocycles. The predicted molar refractivity (Wildman–Crippen MR) is 280 cm³/mol. The highest BCUT2D eigenvalue weighted by Gasteiger charge is 2.21. The summed E-state index contributed by atoms with van der Waals surface area (Å²) in [7, 11) is 0. The number of para-hydroxylation sites is 3. The van der Waals surface area contributed by atoms with Crippen LogP contribution in [0.2, 0.25) is 0 Å². The van der Waals surface area contributed by atoms with Gasteiger partial charge in [-0.1, -0.05) is 206 Å². The summed E-state index contributed by atoms with van der Waals surface area (Å²) in [5.41, 5.74) is 18.5. The van der Waals surface area contributed by atoms with Crippen LogP contribution in [0.3, 0.4) is 0 Å². The summed E-state index contributed by atoms with van der Waals surface area (Å²) < 4.78 is 2.43. The molecule has 0 bridgehead atoms. The van der Waals surface area contributed by atoms with E-state index in [1.54, 1.807) is 0 Å². The SMILES string of the molecule is c1ccc(-c2cccc(N(c3ccc(-c4ccc(-c5ccc6ccccc6c5)cc4)cc3)c3ccc(-c4ccccc4-n4c5ccccc5c5ccccc54)cc3-c3ccccc3)c2)cc1. The molecule has 1 aromatic heterocycles. The molecule has 0 atom stereocenters. The molecule has 0 aliphatic heterocycles. The van der Waals surface area contributed by atoms with Crippen molar-refractivity contribution in [1.29, 1.82) is 0 Å². The van der Waals surface area contributed by atoms with Crippen molar-refractivity contribution in [1.82, 2.24) is 4.57 Å². The summed E-state index contributed by atoms with van der Waals surface area (Å²) in [4.78, 5) is 2.42. The molecular formula is C64H44N2. The Bertz CT molecular complexity index is 3630. The summed E-state index contributed by atoms with van der Waals surface area (Å²) in [5, 5.41) is 5.01. The van der Waals surface area contributed by atoms with Gasteiger partial charge < -0.3 is 9.47 Å². The Kier molecular flexibility index (Phi) is 9.89. The molecule has 0 unspecified atom stereocenters. The van der Waals surface area contributed by atoms with Gasteiger partial charge in [-0.2, -0.15) is 0 Å². The minimum Gasteiger partial charge on any atom is -0.310 e. The van der Waals surface area contributed by atoms with Crippen LogP contribution in [0.4, 0.5) is 17.1 Å². The van der Waals surface area contributed by atoms with Gasteiger partial charge in [0.05, 0.1) is 22.4 Å². The lowest BCUT2D eigenvalue weighted by molar-refractivity contribution is 1.18. The lowest BCUT2D eigenvalue weighted by atomic mass is 9.95. The number of hydrogen-bond acceptors (Lipinski definition) is 1. The fourth-order valence-corrected chi connectivity index (χ4v) is 9.75. The van der Waals surface area contributed by atoms with Crippen LogP contribution in [0.5, 0.6) is 0 Å². The molecule has 2 heteroatoms. The minimum absolute atomic E-state index is 1.08. The van der Waals surface area contributed by atoms with E-state index in [0.717, 1.165) is 39.4 Å². The van der Waals surface area contributed by atoms with E-state index in [2.05, 4.69) is 276 Å². The van der Waals surface area contributed by atoms with Gasteiger partial charge in [0.25, 0.3) is 0 Å². The highest BCUT2D eigenvalue weighted by Crippen LogP contribution is 2.45. The van der Waals surface area contributed by atoms with Crippen LogP contribution in [-0.4, -0.2) is 4.57 Å². The fourth-order valence-electron chi connectivity index (χ4n) is 9.75. The number of fused-ring (bicyclic) bond motifs is 4. The van der Waals surface area contributed by atoms with E-state index in [0.29, 0.717) is 0 Å². The second-order valence-electron chi connectivity index (χ2n) is 16.9. The maximum atomic E-state index is 2.43. The molecule has 66 heavy (non-hydrogen) atoms. The van der Waals surface area contributed by atoms with E-state index in [1.165, 1.54) is 71.5 Å². The summed E-state index contributed by atoms with van der Waals surface area (Å²) in [6, 6.07) is 97.0. The van der Waals surface area contributed by atoms with Crippen LogP contribution in [0.15, 0.2) is 267 Å². The maximum Gasteiger partial charge on any atom is 0.0541 e. The molecule has 12 aromatic rings. The highest BCUT2D eigenvalue weighted by atomic mass is 15.1. The van der Waals surface area contributed by atoms with E-state index >= 15 is 0 Å².